The molecule has 4 radical (unpaired) electrons. The monoisotopic (exact) mass is 912 g/mol. The maximum atomic E-state index is 2.37. The number of hydrogen-bond acceptors (Lipinski definition) is 0. The van der Waals surface area contributed by atoms with Crippen LogP contribution < -0.4 is 0 Å². The maximum absolute atomic E-state index is 2.37. The van der Waals surface area contributed by atoms with E-state index in [4.69, 9.17) is 0 Å². The smallest absolute Gasteiger partial charge is 0 e. The van der Waals surface area contributed by atoms with E-state index in [0.29, 0.717) is 0 Å². The van der Waals surface area contributed by atoms with Crippen molar-refractivity contribution in [3.05, 3.63) is 147 Å². The van der Waals surface area contributed by atoms with E-state index >= 15 is 0 Å². The molecular formula is C42H52Y4-2. The first kappa shape index (κ1) is 47.0. The van der Waals surface area contributed by atoms with E-state index in [2.05, 4.69) is 135 Å². The van der Waals surface area contributed by atoms with Crippen molar-refractivity contribution in [2.45, 2.75) is 111 Å². The first-order valence-electron chi connectivity index (χ1n) is 15.6. The third-order valence-corrected chi connectivity index (χ3v) is 11.5. The minimum Gasteiger partial charge on any atom is -0.143 e. The van der Waals surface area contributed by atoms with Gasteiger partial charge in [-0.3, -0.25) is 0 Å². The topological polar surface area (TPSA) is 0 Å². The summed E-state index contributed by atoms with van der Waals surface area (Å²) >= 11 is 0. The van der Waals surface area contributed by atoms with Gasteiger partial charge in [0.05, 0.1) is 0 Å². The van der Waals surface area contributed by atoms with Gasteiger partial charge in [0.2, 0.25) is 0 Å². The van der Waals surface area contributed by atoms with Crippen LogP contribution in [0.4, 0.5) is 0 Å². The molecule has 0 saturated heterocycles. The summed E-state index contributed by atoms with van der Waals surface area (Å²) in [4.78, 5) is 0. The van der Waals surface area contributed by atoms with Crippen molar-refractivity contribution in [2.75, 3.05) is 0 Å². The molecule has 4 heteroatoms. The van der Waals surface area contributed by atoms with Gasteiger partial charge >= 0.3 is 0 Å². The van der Waals surface area contributed by atoms with E-state index in [1.807, 2.05) is 0 Å². The van der Waals surface area contributed by atoms with E-state index in [1.165, 1.54) is 123 Å². The van der Waals surface area contributed by atoms with Crippen LogP contribution in [0.25, 0.3) is 0 Å². The summed E-state index contributed by atoms with van der Waals surface area (Å²) in [6, 6.07) is 9.45. The molecule has 0 bridgehead atoms. The second-order valence-electron chi connectivity index (χ2n) is 13.1. The molecule has 0 aliphatic rings. The van der Waals surface area contributed by atoms with Gasteiger partial charge in [-0.25, -0.2) is 0 Å². The van der Waals surface area contributed by atoms with E-state index in [-0.39, 0.29) is 131 Å². The van der Waals surface area contributed by atoms with Crippen LogP contribution in [0.5, 0.6) is 0 Å². The maximum Gasteiger partial charge on any atom is 0 e. The van der Waals surface area contributed by atoms with Crippen LogP contribution in [-0.4, -0.2) is 0 Å². The molecule has 234 valence electrons. The van der Waals surface area contributed by atoms with Crippen molar-refractivity contribution in [2.24, 2.45) is 0 Å². The Hall–Kier alpha value is 1.04. The summed E-state index contributed by atoms with van der Waals surface area (Å²) in [6.07, 6.45) is 0. The first-order chi connectivity index (χ1) is 19.5. The Labute approximate surface area is 383 Å². The Morgan fingerprint density at radius 2 is 0.478 bits per heavy atom. The minimum atomic E-state index is 0. The van der Waals surface area contributed by atoms with Gasteiger partial charge in [-0.1, -0.05) is 138 Å². The van der Waals surface area contributed by atoms with Crippen molar-refractivity contribution in [1.82, 2.24) is 0 Å². The van der Waals surface area contributed by atoms with Crippen LogP contribution in [0.3, 0.4) is 0 Å². The summed E-state index contributed by atoms with van der Waals surface area (Å²) < 4.78 is 0. The first-order valence-corrected chi connectivity index (χ1v) is 15.6. The summed E-state index contributed by atoms with van der Waals surface area (Å²) in [6.45, 7) is 36.7. The van der Waals surface area contributed by atoms with Gasteiger partial charge in [0, 0.05) is 131 Å². The van der Waals surface area contributed by atoms with Crippen LogP contribution in [0, 0.1) is 116 Å². The standard InChI is InChI=1S/C42H52.4Y/c1-21-24(4)30(10)39(31(11)25(21)5)36(16)37-17-19-38(20-18-37)42(40-32(12)26(6)22(2)27(7)33(40)13)41-34(14)28(8)23(3)29(9)35(41)15;;;;/h17-20H,1-16H3;;;;/q-2;;;;. The van der Waals surface area contributed by atoms with Gasteiger partial charge < -0.3 is 0 Å². The fourth-order valence-electron chi connectivity index (χ4n) is 7.26. The Kier molecular flexibility index (Phi) is 18.9. The quantitative estimate of drug-likeness (QED) is 0.138. The van der Waals surface area contributed by atoms with E-state index in [9.17, 15) is 0 Å². The third kappa shape index (κ3) is 8.23. The van der Waals surface area contributed by atoms with E-state index in [1.54, 1.807) is 0 Å². The van der Waals surface area contributed by atoms with Crippen LogP contribution in [-0.2, 0) is 131 Å². The molecule has 0 nitrogen and oxygen atoms in total. The predicted molar refractivity (Wildman–Crippen MR) is 184 cm³/mol. The molecule has 0 N–H and O–H groups in total. The molecule has 4 rings (SSSR count). The molecule has 0 atom stereocenters. The van der Waals surface area contributed by atoms with Crippen LogP contribution in [0.2, 0.25) is 0 Å². The normalized spacial score (nSPS) is 10.3. The fraction of sp³-hybridized carbons (Fsp3) is 0.381. The zero-order valence-corrected chi connectivity index (χ0v) is 43.0. The van der Waals surface area contributed by atoms with Crippen molar-refractivity contribution in [1.29, 1.82) is 0 Å². The number of rotatable bonds is 5. The molecule has 0 spiro atoms. The molecule has 0 aromatic heterocycles. The molecule has 0 unspecified atom stereocenters. The summed E-state index contributed by atoms with van der Waals surface area (Å²) in [7, 11) is 0. The van der Waals surface area contributed by atoms with Crippen molar-refractivity contribution in [3.63, 3.8) is 0 Å². The molecule has 4 aromatic rings. The fourth-order valence-corrected chi connectivity index (χ4v) is 7.26. The number of hydrogen-bond donors (Lipinski definition) is 0. The largest absolute Gasteiger partial charge is 0.143 e. The summed E-state index contributed by atoms with van der Waals surface area (Å²) in [5.41, 5.74) is 27.8. The van der Waals surface area contributed by atoms with Gasteiger partial charge in [-0.2, -0.15) is 0 Å². The number of benzene rings is 4. The van der Waals surface area contributed by atoms with Crippen LogP contribution in [0.15, 0.2) is 24.3 Å². The molecule has 0 aliphatic carbocycles. The van der Waals surface area contributed by atoms with Crippen molar-refractivity contribution >= 4 is 0 Å². The second kappa shape index (κ2) is 18.5. The summed E-state index contributed by atoms with van der Waals surface area (Å²) in [5, 5.41) is 0. The average molecular weight is 913 g/mol. The molecule has 0 amide bonds. The molecule has 0 fully saturated rings. The summed E-state index contributed by atoms with van der Waals surface area (Å²) in [5.74, 6) is 2.73. The van der Waals surface area contributed by atoms with Crippen LogP contribution in [0.1, 0.15) is 118 Å². The van der Waals surface area contributed by atoms with Gasteiger partial charge in [0.25, 0.3) is 0 Å². The van der Waals surface area contributed by atoms with E-state index < -0.39 is 0 Å². The Bertz CT molecular complexity index is 1570. The predicted octanol–water partition coefficient (Wildman–Crippen LogP) is 11.3. The Morgan fingerprint density at radius 3 is 0.739 bits per heavy atom. The zero-order chi connectivity index (χ0) is 31.5. The SMILES string of the molecule is Cc1c(C)c(C)c([C-](C)c2ccc([C-](c3c(C)c(C)c(C)c(C)c3C)c3c(C)c(C)c(C)c(C)c3C)cc2)c(C)c1C.[Y].[Y].[Y].[Y]. The molecule has 0 heterocycles. The molecule has 4 aromatic carbocycles. The average Bonchev–Trinajstić information content (AvgIpc) is 2.98. The van der Waals surface area contributed by atoms with Crippen LogP contribution >= 0.6 is 0 Å². The van der Waals surface area contributed by atoms with Crippen molar-refractivity contribution in [3.8, 4) is 0 Å². The molecular weight excluding hydrogens is 860 g/mol. The Balaban J connectivity index is 0.00000506. The van der Waals surface area contributed by atoms with Crippen molar-refractivity contribution < 1.29 is 131 Å². The third-order valence-electron chi connectivity index (χ3n) is 11.5. The molecule has 0 aliphatic heterocycles. The molecule has 0 saturated carbocycles. The Morgan fingerprint density at radius 1 is 0.283 bits per heavy atom. The van der Waals surface area contributed by atoms with Gasteiger partial charge in [-0.15, -0.1) is 58.0 Å². The van der Waals surface area contributed by atoms with Gasteiger partial charge in [0.1, 0.15) is 0 Å². The van der Waals surface area contributed by atoms with Gasteiger partial charge in [0.15, 0.2) is 0 Å². The molecule has 46 heavy (non-hydrogen) atoms. The second-order valence-corrected chi connectivity index (χ2v) is 13.1. The van der Waals surface area contributed by atoms with Gasteiger partial charge in [-0.05, 0) is 62.3 Å². The van der Waals surface area contributed by atoms with E-state index in [0.717, 1.165) is 0 Å². The minimum absolute atomic E-state index is 0. The zero-order valence-electron chi connectivity index (χ0n) is 31.6.